The Morgan fingerprint density at radius 1 is 1.37 bits per heavy atom. The number of amides is 1. The van der Waals surface area contributed by atoms with Gasteiger partial charge in [0.15, 0.2) is 11.7 Å². The number of oxazole rings is 1. The predicted molar refractivity (Wildman–Crippen MR) is 74.0 cm³/mol. The number of carbonyl (C=O) groups excluding carboxylic acids is 1. The maximum Gasteiger partial charge on any atom is 0.222 e. The van der Waals surface area contributed by atoms with Gasteiger partial charge in [0, 0.05) is 32.5 Å². The molecule has 2 rings (SSSR count). The quantitative estimate of drug-likeness (QED) is 0.864. The van der Waals surface area contributed by atoms with Gasteiger partial charge in [-0.25, -0.2) is 4.98 Å². The van der Waals surface area contributed by atoms with Crippen molar-refractivity contribution in [1.29, 1.82) is 0 Å². The highest BCUT2D eigenvalue weighted by Crippen LogP contribution is 2.28. The number of halogens is 1. The van der Waals surface area contributed by atoms with Crippen LogP contribution in [0.5, 0.6) is 0 Å². The molecule has 100 valence electrons. The molecule has 0 N–H and O–H groups in total. The van der Waals surface area contributed by atoms with Crippen LogP contribution in [-0.4, -0.2) is 29.9 Å². The summed E-state index contributed by atoms with van der Waals surface area (Å²) in [5.74, 6) is 1.22. The van der Waals surface area contributed by atoms with Gasteiger partial charge in [0.2, 0.25) is 5.91 Å². The Bertz CT molecular complexity index is 578. The fourth-order valence-corrected chi connectivity index (χ4v) is 1.88. The second kappa shape index (κ2) is 5.89. The molecule has 2 aromatic rings. The molecule has 1 amide bonds. The smallest absolute Gasteiger partial charge is 0.222 e. The van der Waals surface area contributed by atoms with Crippen molar-refractivity contribution in [3.8, 4) is 11.3 Å². The largest absolute Gasteiger partial charge is 0.441 e. The first-order valence-corrected chi connectivity index (χ1v) is 6.35. The first-order valence-electron chi connectivity index (χ1n) is 5.97. The number of carbonyl (C=O) groups is 1. The molecule has 0 atom stereocenters. The Kier molecular flexibility index (Phi) is 4.22. The highest BCUT2D eigenvalue weighted by atomic mass is 35.5. The van der Waals surface area contributed by atoms with Crippen molar-refractivity contribution in [2.75, 3.05) is 14.1 Å². The molecule has 0 bridgehead atoms. The Morgan fingerprint density at radius 3 is 2.79 bits per heavy atom. The zero-order chi connectivity index (χ0) is 13.8. The van der Waals surface area contributed by atoms with E-state index in [2.05, 4.69) is 4.98 Å². The molecule has 0 aliphatic heterocycles. The highest BCUT2D eigenvalue weighted by Gasteiger charge is 2.11. The van der Waals surface area contributed by atoms with Crippen molar-refractivity contribution in [2.45, 2.75) is 12.8 Å². The summed E-state index contributed by atoms with van der Waals surface area (Å²) < 4.78 is 5.61. The maximum atomic E-state index is 11.5. The van der Waals surface area contributed by atoms with E-state index < -0.39 is 0 Å². The van der Waals surface area contributed by atoms with Crippen LogP contribution in [-0.2, 0) is 11.2 Å². The van der Waals surface area contributed by atoms with Crippen LogP contribution in [0.25, 0.3) is 11.3 Å². The van der Waals surface area contributed by atoms with E-state index in [4.69, 9.17) is 16.0 Å². The predicted octanol–water partition coefficient (Wildman–Crippen LogP) is 3.02. The summed E-state index contributed by atoms with van der Waals surface area (Å²) in [6.45, 7) is 0. The fraction of sp³-hybridized carbons (Fsp3) is 0.286. The van der Waals surface area contributed by atoms with Crippen LogP contribution in [0.15, 0.2) is 34.9 Å². The van der Waals surface area contributed by atoms with Gasteiger partial charge in [-0.05, 0) is 12.1 Å². The minimum absolute atomic E-state index is 0.0532. The fourth-order valence-electron chi connectivity index (χ4n) is 1.65. The number of aromatic nitrogens is 1. The summed E-state index contributed by atoms with van der Waals surface area (Å²) in [5, 5.41) is 0.620. The molecule has 5 heteroatoms. The minimum Gasteiger partial charge on any atom is -0.441 e. The average Bonchev–Trinajstić information content (AvgIpc) is 2.85. The third-order valence-electron chi connectivity index (χ3n) is 2.74. The number of nitrogens with zero attached hydrogens (tertiary/aromatic N) is 2. The van der Waals surface area contributed by atoms with E-state index in [1.54, 1.807) is 31.3 Å². The van der Waals surface area contributed by atoms with E-state index >= 15 is 0 Å². The molecule has 0 spiro atoms. The highest BCUT2D eigenvalue weighted by molar-refractivity contribution is 6.33. The first-order chi connectivity index (χ1) is 9.08. The molecule has 0 fully saturated rings. The normalized spacial score (nSPS) is 10.5. The third-order valence-corrected chi connectivity index (χ3v) is 3.07. The van der Waals surface area contributed by atoms with Crippen molar-refractivity contribution < 1.29 is 9.21 Å². The van der Waals surface area contributed by atoms with Gasteiger partial charge in [0.05, 0.1) is 11.2 Å². The third kappa shape index (κ3) is 3.35. The van der Waals surface area contributed by atoms with Gasteiger partial charge in [-0.2, -0.15) is 0 Å². The van der Waals surface area contributed by atoms with E-state index in [1.165, 1.54) is 0 Å². The van der Waals surface area contributed by atoms with Crippen LogP contribution in [0.3, 0.4) is 0 Å². The Morgan fingerprint density at radius 2 is 2.11 bits per heavy atom. The number of aryl methyl sites for hydroxylation is 1. The lowest BCUT2D eigenvalue weighted by atomic mass is 10.2. The summed E-state index contributed by atoms with van der Waals surface area (Å²) >= 11 is 6.09. The van der Waals surface area contributed by atoms with Crippen molar-refractivity contribution in [1.82, 2.24) is 9.88 Å². The van der Waals surface area contributed by atoms with Crippen molar-refractivity contribution >= 4 is 17.5 Å². The second-order valence-electron chi connectivity index (χ2n) is 4.39. The summed E-state index contributed by atoms with van der Waals surface area (Å²) in [5.41, 5.74) is 0.807. The molecule has 0 aliphatic rings. The first kappa shape index (κ1) is 13.6. The zero-order valence-electron chi connectivity index (χ0n) is 10.9. The van der Waals surface area contributed by atoms with Gasteiger partial charge >= 0.3 is 0 Å². The van der Waals surface area contributed by atoms with Gasteiger partial charge in [-0.3, -0.25) is 4.79 Å². The molecule has 0 aliphatic carbocycles. The van der Waals surface area contributed by atoms with Crippen LogP contribution in [0.1, 0.15) is 12.3 Å². The van der Waals surface area contributed by atoms with Gasteiger partial charge in [0.25, 0.3) is 0 Å². The average molecular weight is 279 g/mol. The van der Waals surface area contributed by atoms with Crippen LogP contribution >= 0.6 is 11.6 Å². The Balaban J connectivity index is 2.08. The molecule has 4 nitrogen and oxygen atoms in total. The maximum absolute atomic E-state index is 11.5. The molecule has 0 unspecified atom stereocenters. The van der Waals surface area contributed by atoms with E-state index in [9.17, 15) is 4.79 Å². The van der Waals surface area contributed by atoms with E-state index in [1.807, 2.05) is 18.2 Å². The van der Waals surface area contributed by atoms with Crippen LogP contribution in [0, 0.1) is 0 Å². The van der Waals surface area contributed by atoms with Crippen molar-refractivity contribution in [3.63, 3.8) is 0 Å². The molecule has 0 saturated heterocycles. The number of hydrogen-bond acceptors (Lipinski definition) is 3. The lowest BCUT2D eigenvalue weighted by Crippen LogP contribution is -2.21. The van der Waals surface area contributed by atoms with Gasteiger partial charge in [0.1, 0.15) is 0 Å². The molecule has 0 radical (unpaired) electrons. The summed E-state index contributed by atoms with van der Waals surface area (Å²) in [7, 11) is 3.46. The van der Waals surface area contributed by atoms with Crippen molar-refractivity contribution in [2.24, 2.45) is 0 Å². The number of hydrogen-bond donors (Lipinski definition) is 0. The second-order valence-corrected chi connectivity index (χ2v) is 4.79. The van der Waals surface area contributed by atoms with Gasteiger partial charge < -0.3 is 9.32 Å². The summed E-state index contributed by atoms with van der Waals surface area (Å²) in [6.07, 6.45) is 2.51. The standard InChI is InChI=1S/C14H15ClN2O2/c1-17(2)14(18)8-7-13-16-9-12(19-13)10-5-3-4-6-11(10)15/h3-6,9H,7-8H2,1-2H3. The zero-order valence-corrected chi connectivity index (χ0v) is 11.6. The molecule has 1 heterocycles. The van der Waals surface area contributed by atoms with E-state index in [0.717, 1.165) is 5.56 Å². The van der Waals surface area contributed by atoms with Crippen molar-refractivity contribution in [3.05, 3.63) is 41.4 Å². The lowest BCUT2D eigenvalue weighted by molar-refractivity contribution is -0.128. The molecule has 19 heavy (non-hydrogen) atoms. The Labute approximate surface area is 117 Å². The Hall–Kier alpha value is -1.81. The van der Waals surface area contributed by atoms with Crippen LogP contribution in [0.2, 0.25) is 5.02 Å². The lowest BCUT2D eigenvalue weighted by Gasteiger charge is -2.08. The monoisotopic (exact) mass is 278 g/mol. The van der Waals surface area contributed by atoms with Crippen LogP contribution in [0.4, 0.5) is 0 Å². The number of benzene rings is 1. The minimum atomic E-state index is 0.0532. The van der Waals surface area contributed by atoms with E-state index in [-0.39, 0.29) is 5.91 Å². The van der Waals surface area contributed by atoms with Crippen LogP contribution < -0.4 is 0 Å². The van der Waals surface area contributed by atoms with Gasteiger partial charge in [-0.1, -0.05) is 23.7 Å². The van der Waals surface area contributed by atoms with Gasteiger partial charge in [-0.15, -0.1) is 0 Å². The van der Waals surface area contributed by atoms with E-state index in [0.29, 0.717) is 29.5 Å². The molecule has 1 aromatic carbocycles. The molecule has 0 saturated carbocycles. The number of rotatable bonds is 4. The molecular weight excluding hydrogens is 264 g/mol. The SMILES string of the molecule is CN(C)C(=O)CCc1ncc(-c2ccccc2Cl)o1. The summed E-state index contributed by atoms with van der Waals surface area (Å²) in [6, 6.07) is 7.42. The summed E-state index contributed by atoms with van der Waals surface area (Å²) in [4.78, 5) is 17.2. The topological polar surface area (TPSA) is 46.3 Å². The molecular formula is C14H15ClN2O2. The molecule has 1 aromatic heterocycles.